The Kier molecular flexibility index (Phi) is 2.83. The molecule has 0 spiro atoms. The van der Waals surface area contributed by atoms with Gasteiger partial charge in [-0.1, -0.05) is 48.5 Å². The van der Waals surface area contributed by atoms with E-state index >= 15 is 0 Å². The minimum Gasteiger partial charge on any atom is -0.324 e. The molecule has 0 saturated carbocycles. The molecular formula is C20H19N. The third kappa shape index (κ3) is 1.97. The fourth-order valence-electron chi connectivity index (χ4n) is 3.49. The Morgan fingerprint density at radius 2 is 1.67 bits per heavy atom. The zero-order chi connectivity index (χ0) is 14.4. The topological polar surface area (TPSA) is 26.0 Å². The van der Waals surface area contributed by atoms with Crippen LogP contribution in [0.25, 0.3) is 21.9 Å². The summed E-state index contributed by atoms with van der Waals surface area (Å²) >= 11 is 0. The van der Waals surface area contributed by atoms with E-state index in [1.54, 1.807) is 0 Å². The highest BCUT2D eigenvalue weighted by Gasteiger charge is 2.16. The highest BCUT2D eigenvalue weighted by atomic mass is 14.6. The van der Waals surface area contributed by atoms with Gasteiger partial charge in [-0.2, -0.15) is 0 Å². The quantitative estimate of drug-likeness (QED) is 0.724. The molecule has 0 radical (unpaired) electrons. The lowest BCUT2D eigenvalue weighted by molar-refractivity contribution is 0.819. The van der Waals surface area contributed by atoms with E-state index in [0.717, 1.165) is 0 Å². The van der Waals surface area contributed by atoms with Gasteiger partial charge in [0.1, 0.15) is 0 Å². The summed E-state index contributed by atoms with van der Waals surface area (Å²) in [5, 5.41) is 2.85. The van der Waals surface area contributed by atoms with Crippen LogP contribution < -0.4 is 5.73 Å². The van der Waals surface area contributed by atoms with Crippen molar-refractivity contribution in [2.45, 2.75) is 25.8 Å². The van der Waals surface area contributed by atoms with Crippen LogP contribution in [0.5, 0.6) is 0 Å². The van der Waals surface area contributed by atoms with E-state index in [9.17, 15) is 0 Å². The van der Waals surface area contributed by atoms with Crippen LogP contribution in [0.1, 0.15) is 29.7 Å². The van der Waals surface area contributed by atoms with Crippen LogP contribution in [-0.2, 0) is 12.8 Å². The van der Waals surface area contributed by atoms with Crippen molar-refractivity contribution in [2.24, 2.45) is 5.73 Å². The molecule has 0 aliphatic heterocycles. The molecule has 3 aromatic carbocycles. The van der Waals surface area contributed by atoms with Crippen LogP contribution in [0.4, 0.5) is 0 Å². The standard InChI is InChI=1S/C20H19N/c1-13(21)16-5-2-6-17(12-16)18-11-10-15-9-8-14-4-3-7-19(18)20(14)15/h2-7,10-13H,8-9,21H2,1H3. The number of hydrogen-bond donors (Lipinski definition) is 1. The van der Waals surface area contributed by atoms with Crippen LogP contribution in [0.3, 0.4) is 0 Å². The second-order valence-electron chi connectivity index (χ2n) is 6.03. The van der Waals surface area contributed by atoms with Gasteiger partial charge in [-0.25, -0.2) is 0 Å². The Morgan fingerprint density at radius 3 is 2.48 bits per heavy atom. The average molecular weight is 273 g/mol. The van der Waals surface area contributed by atoms with Gasteiger partial charge >= 0.3 is 0 Å². The zero-order valence-electron chi connectivity index (χ0n) is 12.3. The highest BCUT2D eigenvalue weighted by Crippen LogP contribution is 2.37. The molecule has 1 nitrogen and oxygen atoms in total. The molecule has 0 heterocycles. The molecule has 104 valence electrons. The first-order valence-corrected chi connectivity index (χ1v) is 7.63. The van der Waals surface area contributed by atoms with E-state index in [-0.39, 0.29) is 6.04 Å². The molecule has 1 atom stereocenters. The zero-order valence-corrected chi connectivity index (χ0v) is 12.3. The fraction of sp³-hybridized carbons (Fsp3) is 0.200. The summed E-state index contributed by atoms with van der Waals surface area (Å²) in [6.45, 7) is 2.03. The van der Waals surface area contributed by atoms with Crippen molar-refractivity contribution in [1.82, 2.24) is 0 Å². The van der Waals surface area contributed by atoms with E-state index in [4.69, 9.17) is 5.73 Å². The number of aryl methyl sites for hydroxylation is 2. The summed E-state index contributed by atoms with van der Waals surface area (Å²) in [6, 6.07) is 20.0. The Balaban J connectivity index is 1.98. The van der Waals surface area contributed by atoms with Gasteiger partial charge in [0.25, 0.3) is 0 Å². The van der Waals surface area contributed by atoms with Crippen LogP contribution in [0.2, 0.25) is 0 Å². The second kappa shape index (κ2) is 4.71. The fourth-order valence-corrected chi connectivity index (χ4v) is 3.49. The van der Waals surface area contributed by atoms with Crippen LogP contribution >= 0.6 is 0 Å². The van der Waals surface area contributed by atoms with Crippen molar-refractivity contribution in [1.29, 1.82) is 0 Å². The molecular weight excluding hydrogens is 254 g/mol. The van der Waals surface area contributed by atoms with E-state index in [1.807, 2.05) is 6.92 Å². The lowest BCUT2D eigenvalue weighted by Gasteiger charge is -2.12. The molecule has 0 aromatic heterocycles. The van der Waals surface area contributed by atoms with Gasteiger partial charge in [0.05, 0.1) is 0 Å². The Morgan fingerprint density at radius 1 is 0.905 bits per heavy atom. The van der Waals surface area contributed by atoms with Crippen LogP contribution in [0.15, 0.2) is 54.6 Å². The number of nitrogens with two attached hydrogens (primary N) is 1. The number of benzene rings is 3. The molecule has 3 aromatic rings. The molecule has 1 unspecified atom stereocenters. The maximum Gasteiger partial charge on any atom is 0.0266 e. The van der Waals surface area contributed by atoms with Gasteiger partial charge in [0.15, 0.2) is 0 Å². The SMILES string of the molecule is CC(N)c1cccc(-c2ccc3c4c(cccc24)CC3)c1. The van der Waals surface area contributed by atoms with E-state index in [2.05, 4.69) is 54.6 Å². The van der Waals surface area contributed by atoms with Gasteiger partial charge in [0, 0.05) is 6.04 Å². The Labute approximate surface area is 125 Å². The highest BCUT2D eigenvalue weighted by molar-refractivity contribution is 6.01. The first-order chi connectivity index (χ1) is 10.2. The number of hydrogen-bond acceptors (Lipinski definition) is 1. The molecule has 4 rings (SSSR count). The minimum atomic E-state index is 0.0710. The molecule has 21 heavy (non-hydrogen) atoms. The van der Waals surface area contributed by atoms with Crippen LogP contribution in [-0.4, -0.2) is 0 Å². The third-order valence-electron chi connectivity index (χ3n) is 4.60. The van der Waals surface area contributed by atoms with E-state index in [0.29, 0.717) is 0 Å². The van der Waals surface area contributed by atoms with Crippen molar-refractivity contribution < 1.29 is 0 Å². The Hall–Kier alpha value is -2.12. The summed E-state index contributed by atoms with van der Waals surface area (Å²) in [5.41, 5.74) is 12.8. The molecule has 0 amide bonds. The van der Waals surface area contributed by atoms with Crippen LogP contribution in [0, 0.1) is 0 Å². The maximum atomic E-state index is 6.03. The summed E-state index contributed by atoms with van der Waals surface area (Å²) in [4.78, 5) is 0. The molecule has 2 N–H and O–H groups in total. The summed E-state index contributed by atoms with van der Waals surface area (Å²) in [6.07, 6.45) is 2.35. The average Bonchev–Trinajstić information content (AvgIpc) is 2.93. The van der Waals surface area contributed by atoms with Gasteiger partial charge < -0.3 is 5.73 Å². The van der Waals surface area contributed by atoms with Crippen molar-refractivity contribution in [3.63, 3.8) is 0 Å². The summed E-state index contributed by atoms with van der Waals surface area (Å²) < 4.78 is 0. The van der Waals surface area contributed by atoms with Crippen molar-refractivity contribution in [2.75, 3.05) is 0 Å². The van der Waals surface area contributed by atoms with Crippen molar-refractivity contribution in [3.05, 3.63) is 71.3 Å². The first-order valence-electron chi connectivity index (χ1n) is 7.63. The normalized spacial score (nSPS) is 14.6. The smallest absolute Gasteiger partial charge is 0.0266 e. The van der Waals surface area contributed by atoms with Gasteiger partial charge in [0.2, 0.25) is 0 Å². The molecule has 0 saturated heterocycles. The molecule has 1 aliphatic rings. The second-order valence-corrected chi connectivity index (χ2v) is 6.03. The molecule has 1 heteroatoms. The lowest BCUT2D eigenvalue weighted by Crippen LogP contribution is -2.04. The van der Waals surface area contributed by atoms with E-state index < -0.39 is 0 Å². The first kappa shape index (κ1) is 12.6. The van der Waals surface area contributed by atoms with Gasteiger partial charge in [-0.3, -0.25) is 0 Å². The molecule has 0 bridgehead atoms. The summed E-state index contributed by atoms with van der Waals surface area (Å²) in [5.74, 6) is 0. The predicted octanol–water partition coefficient (Wildman–Crippen LogP) is 4.63. The van der Waals surface area contributed by atoms with Crippen molar-refractivity contribution in [3.8, 4) is 11.1 Å². The maximum absolute atomic E-state index is 6.03. The van der Waals surface area contributed by atoms with Crippen molar-refractivity contribution >= 4 is 10.8 Å². The van der Waals surface area contributed by atoms with Gasteiger partial charge in [-0.05, 0) is 64.4 Å². The predicted molar refractivity (Wildman–Crippen MR) is 89.4 cm³/mol. The number of rotatable bonds is 2. The van der Waals surface area contributed by atoms with E-state index in [1.165, 1.54) is 51.4 Å². The molecule has 1 aliphatic carbocycles. The lowest BCUT2D eigenvalue weighted by atomic mass is 9.94. The third-order valence-corrected chi connectivity index (χ3v) is 4.60. The van der Waals surface area contributed by atoms with Gasteiger partial charge in [-0.15, -0.1) is 0 Å². The monoisotopic (exact) mass is 273 g/mol. The summed E-state index contributed by atoms with van der Waals surface area (Å²) in [7, 11) is 0. The molecule has 0 fully saturated rings. The largest absolute Gasteiger partial charge is 0.324 e. The Bertz CT molecular complexity index is 820. The minimum absolute atomic E-state index is 0.0710.